The number of hydrogen-bond donors (Lipinski definition) is 1. The van der Waals surface area contributed by atoms with E-state index in [0.717, 1.165) is 6.07 Å². The largest absolute Gasteiger partial charge is 0.335 e. The summed E-state index contributed by atoms with van der Waals surface area (Å²) in [5.74, 6) is -2.51. The summed E-state index contributed by atoms with van der Waals surface area (Å²) in [6.45, 7) is 4.91. The van der Waals surface area contributed by atoms with E-state index in [1.54, 1.807) is 4.90 Å². The molecule has 0 saturated carbocycles. The van der Waals surface area contributed by atoms with Crippen LogP contribution in [0.4, 0.5) is 8.78 Å². The molecular formula is C13H16F2N2O. The monoisotopic (exact) mass is 254 g/mol. The third-order valence-electron chi connectivity index (χ3n) is 3.03. The molecule has 1 aliphatic rings. The first kappa shape index (κ1) is 13.0. The standard InChI is InChI=1S/C13H16F2N2O/c1-8-6-17(7-9(2)16-8)13(18)10-4-3-5-11(14)12(10)15/h3-5,8-9,16H,6-7H2,1-2H3/t8-,9-/m1/s1. The van der Waals surface area contributed by atoms with Crippen molar-refractivity contribution in [3.8, 4) is 0 Å². The normalized spacial score (nSPS) is 24.1. The van der Waals surface area contributed by atoms with E-state index < -0.39 is 17.5 Å². The average Bonchev–Trinajstić information content (AvgIpc) is 2.30. The Morgan fingerprint density at radius 1 is 1.28 bits per heavy atom. The summed E-state index contributed by atoms with van der Waals surface area (Å²) in [5, 5.41) is 3.28. The zero-order chi connectivity index (χ0) is 13.3. The van der Waals surface area contributed by atoms with Crippen molar-refractivity contribution < 1.29 is 13.6 Å². The number of carbonyl (C=O) groups excluding carboxylic acids is 1. The van der Waals surface area contributed by atoms with Crippen molar-refractivity contribution in [1.29, 1.82) is 0 Å². The molecule has 3 nitrogen and oxygen atoms in total. The second kappa shape index (κ2) is 5.02. The zero-order valence-electron chi connectivity index (χ0n) is 10.4. The van der Waals surface area contributed by atoms with Gasteiger partial charge in [0.15, 0.2) is 11.6 Å². The summed E-state index contributed by atoms with van der Waals surface area (Å²) in [7, 11) is 0. The van der Waals surface area contributed by atoms with Gasteiger partial charge in [-0.2, -0.15) is 0 Å². The highest BCUT2D eigenvalue weighted by molar-refractivity contribution is 5.94. The van der Waals surface area contributed by atoms with Gasteiger partial charge in [-0.3, -0.25) is 4.79 Å². The van der Waals surface area contributed by atoms with Crippen molar-refractivity contribution >= 4 is 5.91 Å². The van der Waals surface area contributed by atoms with Crippen molar-refractivity contribution in [2.45, 2.75) is 25.9 Å². The van der Waals surface area contributed by atoms with E-state index in [1.165, 1.54) is 12.1 Å². The van der Waals surface area contributed by atoms with Crippen molar-refractivity contribution in [3.63, 3.8) is 0 Å². The fraction of sp³-hybridized carbons (Fsp3) is 0.462. The SMILES string of the molecule is C[C@@H]1CN(C(=O)c2cccc(F)c2F)C[C@@H](C)N1. The molecule has 5 heteroatoms. The van der Waals surface area contributed by atoms with Gasteiger partial charge in [-0.25, -0.2) is 8.78 Å². The van der Waals surface area contributed by atoms with Gasteiger partial charge in [0.05, 0.1) is 5.56 Å². The minimum Gasteiger partial charge on any atom is -0.335 e. The summed E-state index contributed by atoms with van der Waals surface area (Å²) in [6.07, 6.45) is 0. The number of piperazine rings is 1. The van der Waals surface area contributed by atoms with Crippen molar-refractivity contribution in [2.75, 3.05) is 13.1 Å². The van der Waals surface area contributed by atoms with Gasteiger partial charge in [0.2, 0.25) is 0 Å². The number of amides is 1. The minimum absolute atomic E-state index is 0.148. The number of hydrogen-bond acceptors (Lipinski definition) is 2. The second-order valence-corrected chi connectivity index (χ2v) is 4.78. The first-order chi connectivity index (χ1) is 8.49. The molecule has 0 bridgehead atoms. The van der Waals surface area contributed by atoms with E-state index in [2.05, 4.69) is 5.32 Å². The van der Waals surface area contributed by atoms with Crippen LogP contribution in [0.15, 0.2) is 18.2 Å². The zero-order valence-corrected chi connectivity index (χ0v) is 10.4. The summed E-state index contributed by atoms with van der Waals surface area (Å²) < 4.78 is 26.7. The van der Waals surface area contributed by atoms with E-state index in [-0.39, 0.29) is 17.6 Å². The predicted molar refractivity (Wildman–Crippen MR) is 64.3 cm³/mol. The molecule has 1 N–H and O–H groups in total. The molecule has 0 radical (unpaired) electrons. The minimum atomic E-state index is -1.07. The van der Waals surface area contributed by atoms with Crippen LogP contribution in [0.5, 0.6) is 0 Å². The van der Waals surface area contributed by atoms with Crippen LogP contribution in [0.3, 0.4) is 0 Å². The molecule has 0 unspecified atom stereocenters. The van der Waals surface area contributed by atoms with Crippen LogP contribution < -0.4 is 5.32 Å². The number of nitrogens with one attached hydrogen (secondary N) is 1. The lowest BCUT2D eigenvalue weighted by Gasteiger charge is -2.36. The maximum Gasteiger partial charge on any atom is 0.257 e. The van der Waals surface area contributed by atoms with Gasteiger partial charge < -0.3 is 10.2 Å². The maximum absolute atomic E-state index is 13.6. The van der Waals surface area contributed by atoms with Crippen LogP contribution in [0.1, 0.15) is 24.2 Å². The highest BCUT2D eigenvalue weighted by Crippen LogP contribution is 2.15. The summed E-state index contributed by atoms with van der Waals surface area (Å²) in [4.78, 5) is 13.7. The first-order valence-corrected chi connectivity index (χ1v) is 5.98. The molecule has 2 atom stereocenters. The Labute approximate surface area is 105 Å². The molecule has 0 aromatic heterocycles. The third kappa shape index (κ3) is 2.51. The number of nitrogens with zero attached hydrogens (tertiary/aromatic N) is 1. The molecule has 1 aliphatic heterocycles. The summed E-state index contributed by atoms with van der Waals surface area (Å²) >= 11 is 0. The lowest BCUT2D eigenvalue weighted by atomic mass is 10.1. The van der Waals surface area contributed by atoms with Crippen molar-refractivity contribution in [1.82, 2.24) is 10.2 Å². The van der Waals surface area contributed by atoms with Gasteiger partial charge in [-0.05, 0) is 26.0 Å². The van der Waals surface area contributed by atoms with E-state index in [9.17, 15) is 13.6 Å². The van der Waals surface area contributed by atoms with Gasteiger partial charge in [0.1, 0.15) is 0 Å². The van der Waals surface area contributed by atoms with Gasteiger partial charge in [-0.15, -0.1) is 0 Å². The van der Waals surface area contributed by atoms with E-state index in [0.29, 0.717) is 13.1 Å². The average molecular weight is 254 g/mol. The van der Waals surface area contributed by atoms with Crippen LogP contribution >= 0.6 is 0 Å². The molecule has 0 spiro atoms. The third-order valence-corrected chi connectivity index (χ3v) is 3.03. The Balaban J connectivity index is 2.23. The number of rotatable bonds is 1. The number of benzene rings is 1. The Hall–Kier alpha value is -1.49. The maximum atomic E-state index is 13.6. The molecule has 1 aromatic carbocycles. The van der Waals surface area contributed by atoms with Crippen LogP contribution in [-0.4, -0.2) is 36.0 Å². The van der Waals surface area contributed by atoms with Gasteiger partial charge in [-0.1, -0.05) is 6.07 Å². The molecule has 1 amide bonds. The molecule has 0 aliphatic carbocycles. The molecule has 98 valence electrons. The van der Waals surface area contributed by atoms with Crippen LogP contribution in [0.25, 0.3) is 0 Å². The van der Waals surface area contributed by atoms with Gasteiger partial charge in [0, 0.05) is 25.2 Å². The Morgan fingerprint density at radius 2 is 1.89 bits per heavy atom. The number of halogens is 2. The Bertz CT molecular complexity index is 454. The Kier molecular flexibility index (Phi) is 3.61. The molecule has 2 rings (SSSR count). The van der Waals surface area contributed by atoms with Crippen LogP contribution in [0, 0.1) is 11.6 Å². The van der Waals surface area contributed by atoms with E-state index in [1.807, 2.05) is 13.8 Å². The lowest BCUT2D eigenvalue weighted by molar-refractivity contribution is 0.0668. The van der Waals surface area contributed by atoms with E-state index >= 15 is 0 Å². The molecule has 1 aromatic rings. The molecular weight excluding hydrogens is 238 g/mol. The Morgan fingerprint density at radius 3 is 2.50 bits per heavy atom. The first-order valence-electron chi connectivity index (χ1n) is 5.98. The van der Waals surface area contributed by atoms with Gasteiger partial charge >= 0.3 is 0 Å². The van der Waals surface area contributed by atoms with Crippen LogP contribution in [0.2, 0.25) is 0 Å². The highest BCUT2D eigenvalue weighted by Gasteiger charge is 2.27. The molecule has 1 heterocycles. The van der Waals surface area contributed by atoms with Crippen molar-refractivity contribution in [3.05, 3.63) is 35.4 Å². The lowest BCUT2D eigenvalue weighted by Crippen LogP contribution is -2.55. The summed E-state index contributed by atoms with van der Waals surface area (Å²) in [6, 6.07) is 3.97. The quantitative estimate of drug-likeness (QED) is 0.828. The second-order valence-electron chi connectivity index (χ2n) is 4.78. The molecule has 1 saturated heterocycles. The fourth-order valence-electron chi connectivity index (χ4n) is 2.33. The van der Waals surface area contributed by atoms with Gasteiger partial charge in [0.25, 0.3) is 5.91 Å². The van der Waals surface area contributed by atoms with Crippen molar-refractivity contribution in [2.24, 2.45) is 0 Å². The topological polar surface area (TPSA) is 32.3 Å². The van der Waals surface area contributed by atoms with E-state index in [4.69, 9.17) is 0 Å². The number of carbonyl (C=O) groups is 1. The van der Waals surface area contributed by atoms with Crippen LogP contribution in [-0.2, 0) is 0 Å². The fourth-order valence-corrected chi connectivity index (χ4v) is 2.33. The highest BCUT2D eigenvalue weighted by atomic mass is 19.2. The molecule has 18 heavy (non-hydrogen) atoms. The smallest absolute Gasteiger partial charge is 0.257 e. The molecule has 1 fully saturated rings. The summed E-state index contributed by atoms with van der Waals surface area (Å²) in [5.41, 5.74) is -0.198. The predicted octanol–water partition coefficient (Wildman–Crippen LogP) is 1.79.